The molecular formula is C16H9F7O2. The van der Waals surface area contributed by atoms with Crippen LogP contribution in [-0.4, -0.2) is 5.97 Å². The Hall–Kier alpha value is -2.58. The summed E-state index contributed by atoms with van der Waals surface area (Å²) in [6.45, 7) is 1.35. The van der Waals surface area contributed by atoms with Gasteiger partial charge in [-0.25, -0.2) is 9.18 Å². The topological polar surface area (TPSA) is 26.3 Å². The van der Waals surface area contributed by atoms with Gasteiger partial charge in [-0.1, -0.05) is 0 Å². The summed E-state index contributed by atoms with van der Waals surface area (Å²) in [5.74, 6) is -2.25. The Morgan fingerprint density at radius 2 is 1.40 bits per heavy atom. The van der Waals surface area contributed by atoms with Crippen LogP contribution in [-0.2, 0) is 12.4 Å². The van der Waals surface area contributed by atoms with Crippen LogP contribution in [0.2, 0.25) is 0 Å². The molecule has 0 atom stereocenters. The Morgan fingerprint density at radius 3 is 1.84 bits per heavy atom. The largest absolute Gasteiger partial charge is 0.423 e. The third kappa shape index (κ3) is 4.49. The van der Waals surface area contributed by atoms with Gasteiger partial charge in [0.1, 0.15) is 11.6 Å². The Kier molecular flexibility index (Phi) is 4.79. The van der Waals surface area contributed by atoms with Crippen LogP contribution in [0.5, 0.6) is 5.75 Å². The van der Waals surface area contributed by atoms with Crippen molar-refractivity contribution in [3.8, 4) is 5.75 Å². The fraction of sp³-hybridized carbons (Fsp3) is 0.188. The SMILES string of the molecule is Cc1cc(OC(=O)c2cc(C(F)(F)F)cc(C(F)(F)F)c2)ccc1F. The maximum absolute atomic E-state index is 13.1. The van der Waals surface area contributed by atoms with Crippen LogP contribution in [0, 0.1) is 12.7 Å². The van der Waals surface area contributed by atoms with Crippen LogP contribution >= 0.6 is 0 Å². The molecule has 0 N–H and O–H groups in total. The van der Waals surface area contributed by atoms with E-state index in [0.29, 0.717) is 0 Å². The van der Waals surface area contributed by atoms with Gasteiger partial charge in [-0.2, -0.15) is 26.3 Å². The first kappa shape index (κ1) is 18.8. The number of aryl methyl sites for hydroxylation is 1. The number of halogens is 7. The summed E-state index contributed by atoms with van der Waals surface area (Å²) in [6.07, 6.45) is -10.2. The molecule has 0 unspecified atom stereocenters. The maximum atomic E-state index is 13.1. The van der Waals surface area contributed by atoms with E-state index >= 15 is 0 Å². The quantitative estimate of drug-likeness (QED) is 0.405. The molecule has 2 rings (SSSR count). The first-order valence-electron chi connectivity index (χ1n) is 6.66. The van der Waals surface area contributed by atoms with Crippen molar-refractivity contribution >= 4 is 5.97 Å². The first-order chi connectivity index (χ1) is 11.4. The zero-order valence-corrected chi connectivity index (χ0v) is 12.4. The highest BCUT2D eigenvalue weighted by molar-refractivity contribution is 5.91. The Labute approximate surface area is 136 Å². The molecule has 2 aromatic rings. The molecule has 0 aliphatic carbocycles. The second kappa shape index (κ2) is 6.38. The molecule has 25 heavy (non-hydrogen) atoms. The maximum Gasteiger partial charge on any atom is 0.416 e. The fourth-order valence-corrected chi connectivity index (χ4v) is 1.92. The third-order valence-electron chi connectivity index (χ3n) is 3.16. The summed E-state index contributed by atoms with van der Waals surface area (Å²) >= 11 is 0. The van der Waals surface area contributed by atoms with Gasteiger partial charge in [0, 0.05) is 0 Å². The molecular weight excluding hydrogens is 357 g/mol. The molecule has 0 aromatic heterocycles. The van der Waals surface area contributed by atoms with Gasteiger partial charge in [0.15, 0.2) is 0 Å². The van der Waals surface area contributed by atoms with Crippen molar-refractivity contribution in [3.05, 3.63) is 64.5 Å². The van der Waals surface area contributed by atoms with E-state index in [2.05, 4.69) is 0 Å². The molecule has 0 aliphatic rings. The van der Waals surface area contributed by atoms with E-state index in [1.54, 1.807) is 0 Å². The molecule has 0 amide bonds. The fourth-order valence-electron chi connectivity index (χ4n) is 1.92. The number of esters is 1. The van der Waals surface area contributed by atoms with Crippen LogP contribution in [0.15, 0.2) is 36.4 Å². The van der Waals surface area contributed by atoms with E-state index in [1.165, 1.54) is 6.92 Å². The average molecular weight is 366 g/mol. The van der Waals surface area contributed by atoms with E-state index in [4.69, 9.17) is 4.74 Å². The van der Waals surface area contributed by atoms with E-state index < -0.39 is 40.8 Å². The normalized spacial score (nSPS) is 12.2. The molecule has 0 aliphatic heterocycles. The number of rotatable bonds is 2. The monoisotopic (exact) mass is 366 g/mol. The Balaban J connectivity index is 2.42. The number of ether oxygens (including phenoxy) is 1. The van der Waals surface area contributed by atoms with Gasteiger partial charge in [-0.3, -0.25) is 0 Å². The minimum atomic E-state index is -5.08. The summed E-state index contributed by atoms with van der Waals surface area (Å²) in [4.78, 5) is 11.9. The van der Waals surface area contributed by atoms with Crippen molar-refractivity contribution in [3.63, 3.8) is 0 Å². The van der Waals surface area contributed by atoms with E-state index in [-0.39, 0.29) is 29.5 Å². The molecule has 0 heterocycles. The molecule has 0 radical (unpaired) electrons. The minimum absolute atomic E-state index is 0.0883. The Morgan fingerprint density at radius 1 is 0.880 bits per heavy atom. The van der Waals surface area contributed by atoms with E-state index in [1.807, 2.05) is 0 Å². The van der Waals surface area contributed by atoms with E-state index in [9.17, 15) is 35.5 Å². The lowest BCUT2D eigenvalue weighted by Crippen LogP contribution is -2.16. The summed E-state index contributed by atoms with van der Waals surface area (Å²) in [5.41, 5.74) is -4.11. The molecule has 2 aromatic carbocycles. The smallest absolute Gasteiger partial charge is 0.416 e. The lowest BCUT2D eigenvalue weighted by atomic mass is 10.0. The van der Waals surface area contributed by atoms with Crippen molar-refractivity contribution in [2.45, 2.75) is 19.3 Å². The predicted octanol–water partition coefficient (Wildman–Crippen LogP) is 5.39. The summed E-state index contributed by atoms with van der Waals surface area (Å²) in [7, 11) is 0. The molecule has 9 heteroatoms. The van der Waals surface area contributed by atoms with Crippen molar-refractivity contribution in [2.24, 2.45) is 0 Å². The van der Waals surface area contributed by atoms with Gasteiger partial charge in [0.2, 0.25) is 0 Å². The molecule has 134 valence electrons. The lowest BCUT2D eigenvalue weighted by Gasteiger charge is -2.14. The van der Waals surface area contributed by atoms with Gasteiger partial charge < -0.3 is 4.74 Å². The summed E-state index contributed by atoms with van der Waals surface area (Å²) < 4.78 is 94.4. The van der Waals surface area contributed by atoms with Gasteiger partial charge in [-0.05, 0) is 48.9 Å². The Bertz CT molecular complexity index is 775. The zero-order chi connectivity index (χ0) is 19.0. The van der Waals surface area contributed by atoms with Gasteiger partial charge in [0.05, 0.1) is 16.7 Å². The van der Waals surface area contributed by atoms with Gasteiger partial charge in [0.25, 0.3) is 0 Å². The first-order valence-corrected chi connectivity index (χ1v) is 6.66. The molecule has 0 saturated carbocycles. The lowest BCUT2D eigenvalue weighted by molar-refractivity contribution is -0.143. The molecule has 0 bridgehead atoms. The van der Waals surface area contributed by atoms with E-state index in [0.717, 1.165) is 18.2 Å². The molecule has 2 nitrogen and oxygen atoms in total. The van der Waals surface area contributed by atoms with Crippen LogP contribution < -0.4 is 4.74 Å². The molecule has 0 spiro atoms. The highest BCUT2D eigenvalue weighted by Gasteiger charge is 2.37. The van der Waals surface area contributed by atoms with Crippen LogP contribution in [0.1, 0.15) is 27.0 Å². The minimum Gasteiger partial charge on any atom is -0.423 e. The number of alkyl halides is 6. The van der Waals surface area contributed by atoms with Crippen LogP contribution in [0.3, 0.4) is 0 Å². The molecule has 0 saturated heterocycles. The second-order valence-corrected chi connectivity index (χ2v) is 5.10. The standard InChI is InChI=1S/C16H9F7O2/c1-8-4-12(2-3-13(8)17)25-14(24)9-5-10(15(18,19)20)7-11(6-9)16(21,22)23/h2-7H,1H3. The zero-order valence-electron chi connectivity index (χ0n) is 12.4. The van der Waals surface area contributed by atoms with Crippen molar-refractivity contribution < 1.29 is 40.3 Å². The highest BCUT2D eigenvalue weighted by Crippen LogP contribution is 2.36. The van der Waals surface area contributed by atoms with Crippen LogP contribution in [0.4, 0.5) is 30.7 Å². The number of benzene rings is 2. The van der Waals surface area contributed by atoms with Crippen molar-refractivity contribution in [1.29, 1.82) is 0 Å². The van der Waals surface area contributed by atoms with Gasteiger partial charge in [-0.15, -0.1) is 0 Å². The van der Waals surface area contributed by atoms with Crippen molar-refractivity contribution in [2.75, 3.05) is 0 Å². The third-order valence-corrected chi connectivity index (χ3v) is 3.16. The second-order valence-electron chi connectivity index (χ2n) is 5.10. The number of hydrogen-bond donors (Lipinski definition) is 0. The number of carbonyl (C=O) groups is 1. The summed E-state index contributed by atoms with van der Waals surface area (Å²) in [6, 6.07) is 3.48. The number of carbonyl (C=O) groups excluding carboxylic acids is 1. The number of hydrogen-bond acceptors (Lipinski definition) is 2. The molecule has 0 fully saturated rings. The summed E-state index contributed by atoms with van der Waals surface area (Å²) in [5, 5.41) is 0. The predicted molar refractivity (Wildman–Crippen MR) is 72.5 cm³/mol. The van der Waals surface area contributed by atoms with Gasteiger partial charge >= 0.3 is 18.3 Å². The van der Waals surface area contributed by atoms with Crippen molar-refractivity contribution in [1.82, 2.24) is 0 Å². The average Bonchev–Trinajstić information content (AvgIpc) is 2.48. The van der Waals surface area contributed by atoms with Crippen LogP contribution in [0.25, 0.3) is 0 Å². The highest BCUT2D eigenvalue weighted by atomic mass is 19.4.